The molecule has 2 aliphatic heterocycles. The molecular formula is C19H28FN3O2. The third kappa shape index (κ3) is 5.23. The highest BCUT2D eigenvalue weighted by Gasteiger charge is 2.29. The summed E-state index contributed by atoms with van der Waals surface area (Å²) in [5.74, 6) is 0.276. The highest BCUT2D eigenvalue weighted by Crippen LogP contribution is 2.23. The van der Waals surface area contributed by atoms with Crippen molar-refractivity contribution in [2.45, 2.75) is 25.3 Å². The summed E-state index contributed by atoms with van der Waals surface area (Å²) in [6.07, 6.45) is 3.41. The van der Waals surface area contributed by atoms with Gasteiger partial charge in [0.05, 0.1) is 13.2 Å². The van der Waals surface area contributed by atoms with Crippen LogP contribution in [0.4, 0.5) is 4.39 Å². The summed E-state index contributed by atoms with van der Waals surface area (Å²) in [6, 6.07) is 5.91. The van der Waals surface area contributed by atoms with Gasteiger partial charge in [0.25, 0.3) is 0 Å². The quantitative estimate of drug-likeness (QED) is 0.821. The largest absolute Gasteiger partial charge is 0.379 e. The first kappa shape index (κ1) is 18.3. The van der Waals surface area contributed by atoms with Gasteiger partial charge in [0, 0.05) is 19.6 Å². The Morgan fingerprint density at radius 1 is 1.40 bits per heavy atom. The Morgan fingerprint density at radius 2 is 2.24 bits per heavy atom. The Balaban J connectivity index is 1.62. The van der Waals surface area contributed by atoms with Crippen molar-refractivity contribution in [3.8, 4) is 0 Å². The molecule has 2 aliphatic rings. The molecule has 2 saturated heterocycles. The lowest BCUT2D eigenvalue weighted by atomic mass is 9.96. The van der Waals surface area contributed by atoms with Gasteiger partial charge in [0.2, 0.25) is 5.91 Å². The van der Waals surface area contributed by atoms with Gasteiger partial charge in [-0.2, -0.15) is 0 Å². The van der Waals surface area contributed by atoms with Gasteiger partial charge < -0.3 is 15.4 Å². The number of halogens is 1. The van der Waals surface area contributed by atoms with Crippen LogP contribution in [0.3, 0.4) is 0 Å². The van der Waals surface area contributed by atoms with Gasteiger partial charge in [0.15, 0.2) is 0 Å². The second-order valence-electron chi connectivity index (χ2n) is 6.90. The molecule has 1 aromatic carbocycles. The minimum atomic E-state index is -0.455. The number of piperidine rings is 1. The topological polar surface area (TPSA) is 53.6 Å². The van der Waals surface area contributed by atoms with Gasteiger partial charge in [-0.1, -0.05) is 12.1 Å². The molecule has 3 rings (SSSR count). The van der Waals surface area contributed by atoms with Crippen LogP contribution in [0, 0.1) is 11.7 Å². The number of hydrogen-bond donors (Lipinski definition) is 2. The standard InChI is InChI=1S/C19H28FN3O2/c20-17-5-1-4-16(13-17)18(23-9-11-25-12-10-23)19(24)22-8-6-15-3-2-7-21-14-15/h1,4-5,13,15,18,21H,2-3,6-12,14H2,(H,22,24). The van der Waals surface area contributed by atoms with Gasteiger partial charge in [-0.3, -0.25) is 9.69 Å². The average molecular weight is 349 g/mol. The zero-order valence-corrected chi connectivity index (χ0v) is 14.7. The Bertz CT molecular complexity index is 557. The van der Waals surface area contributed by atoms with Crippen molar-refractivity contribution in [1.82, 2.24) is 15.5 Å². The van der Waals surface area contributed by atoms with Crippen LogP contribution in [-0.2, 0) is 9.53 Å². The van der Waals surface area contributed by atoms with Crippen molar-refractivity contribution in [3.05, 3.63) is 35.6 Å². The summed E-state index contributed by atoms with van der Waals surface area (Å²) in [4.78, 5) is 14.9. The van der Waals surface area contributed by atoms with Crippen LogP contribution in [0.1, 0.15) is 30.9 Å². The fourth-order valence-corrected chi connectivity index (χ4v) is 3.71. The first-order chi connectivity index (χ1) is 12.2. The van der Waals surface area contributed by atoms with Gasteiger partial charge >= 0.3 is 0 Å². The van der Waals surface area contributed by atoms with E-state index in [1.54, 1.807) is 6.07 Å². The molecule has 2 unspecified atom stereocenters. The molecule has 0 saturated carbocycles. The van der Waals surface area contributed by atoms with Gasteiger partial charge in [-0.15, -0.1) is 0 Å². The molecule has 25 heavy (non-hydrogen) atoms. The van der Waals surface area contributed by atoms with Crippen LogP contribution in [0.2, 0.25) is 0 Å². The number of hydrogen-bond acceptors (Lipinski definition) is 4. The molecule has 138 valence electrons. The molecule has 6 heteroatoms. The molecule has 1 amide bonds. The summed E-state index contributed by atoms with van der Waals surface area (Å²) in [5.41, 5.74) is 0.707. The van der Waals surface area contributed by atoms with Crippen molar-refractivity contribution < 1.29 is 13.9 Å². The van der Waals surface area contributed by atoms with E-state index < -0.39 is 6.04 Å². The third-order valence-corrected chi connectivity index (χ3v) is 5.07. The molecule has 1 aromatic rings. The number of ether oxygens (including phenoxy) is 1. The van der Waals surface area contributed by atoms with E-state index in [0.717, 1.165) is 19.5 Å². The van der Waals surface area contributed by atoms with Gasteiger partial charge in [-0.05, 0) is 56.0 Å². The van der Waals surface area contributed by atoms with Gasteiger partial charge in [-0.25, -0.2) is 4.39 Å². The number of carbonyl (C=O) groups excluding carboxylic acids is 1. The fraction of sp³-hybridized carbons (Fsp3) is 0.632. The predicted molar refractivity (Wildman–Crippen MR) is 94.8 cm³/mol. The number of carbonyl (C=O) groups is 1. The lowest BCUT2D eigenvalue weighted by Crippen LogP contribution is -2.46. The van der Waals surface area contributed by atoms with Crippen LogP contribution in [0.5, 0.6) is 0 Å². The molecule has 0 aromatic heterocycles. The molecule has 0 spiro atoms. The maximum absolute atomic E-state index is 13.7. The normalized spacial score (nSPS) is 23.2. The van der Waals surface area contributed by atoms with E-state index in [1.807, 2.05) is 6.07 Å². The zero-order valence-electron chi connectivity index (χ0n) is 14.7. The van der Waals surface area contributed by atoms with E-state index >= 15 is 0 Å². The van der Waals surface area contributed by atoms with Crippen molar-refractivity contribution in [2.75, 3.05) is 45.9 Å². The molecule has 2 N–H and O–H groups in total. The SMILES string of the molecule is O=C(NCCC1CCCNC1)C(c1cccc(F)c1)N1CCOCC1. The Kier molecular flexibility index (Phi) is 6.78. The first-order valence-electron chi connectivity index (χ1n) is 9.30. The van der Waals surface area contributed by atoms with E-state index in [4.69, 9.17) is 4.74 Å². The highest BCUT2D eigenvalue weighted by molar-refractivity contribution is 5.83. The molecule has 5 nitrogen and oxygen atoms in total. The lowest BCUT2D eigenvalue weighted by molar-refractivity contribution is -0.128. The average Bonchev–Trinajstić information content (AvgIpc) is 2.64. The van der Waals surface area contributed by atoms with Crippen LogP contribution in [0.25, 0.3) is 0 Å². The van der Waals surface area contributed by atoms with Crippen LogP contribution >= 0.6 is 0 Å². The van der Waals surface area contributed by atoms with Crippen molar-refractivity contribution in [3.63, 3.8) is 0 Å². The van der Waals surface area contributed by atoms with Crippen molar-refractivity contribution in [1.29, 1.82) is 0 Å². The summed E-state index contributed by atoms with van der Waals surface area (Å²) in [7, 11) is 0. The summed E-state index contributed by atoms with van der Waals surface area (Å²) < 4.78 is 19.1. The second-order valence-corrected chi connectivity index (χ2v) is 6.90. The summed E-state index contributed by atoms with van der Waals surface area (Å²) >= 11 is 0. The Labute approximate surface area is 148 Å². The number of rotatable bonds is 6. The fourth-order valence-electron chi connectivity index (χ4n) is 3.71. The molecular weight excluding hydrogens is 321 g/mol. The maximum atomic E-state index is 13.7. The van der Waals surface area contributed by atoms with E-state index in [0.29, 0.717) is 44.3 Å². The molecule has 0 aliphatic carbocycles. The maximum Gasteiger partial charge on any atom is 0.241 e. The Hall–Kier alpha value is -1.50. The summed E-state index contributed by atoms with van der Waals surface area (Å²) in [5, 5.41) is 6.48. The van der Waals surface area contributed by atoms with Crippen LogP contribution < -0.4 is 10.6 Å². The predicted octanol–water partition coefficient (Wildman–Crippen LogP) is 1.70. The number of nitrogens with zero attached hydrogens (tertiary/aromatic N) is 1. The number of amides is 1. The smallest absolute Gasteiger partial charge is 0.241 e. The van der Waals surface area contributed by atoms with Crippen molar-refractivity contribution in [2.24, 2.45) is 5.92 Å². The van der Waals surface area contributed by atoms with Crippen molar-refractivity contribution >= 4 is 5.91 Å². The number of morpholine rings is 1. The van der Waals surface area contributed by atoms with Gasteiger partial charge in [0.1, 0.15) is 11.9 Å². The minimum Gasteiger partial charge on any atom is -0.379 e. The summed E-state index contributed by atoms with van der Waals surface area (Å²) in [6.45, 7) is 5.37. The number of nitrogens with one attached hydrogen (secondary N) is 2. The zero-order chi connectivity index (χ0) is 17.5. The third-order valence-electron chi connectivity index (χ3n) is 5.07. The second kappa shape index (κ2) is 9.27. The molecule has 2 fully saturated rings. The number of benzene rings is 1. The van der Waals surface area contributed by atoms with E-state index in [9.17, 15) is 9.18 Å². The monoisotopic (exact) mass is 349 g/mol. The van der Waals surface area contributed by atoms with E-state index in [-0.39, 0.29) is 11.7 Å². The van der Waals surface area contributed by atoms with Crippen LogP contribution in [0.15, 0.2) is 24.3 Å². The molecule has 0 radical (unpaired) electrons. The van der Waals surface area contributed by atoms with E-state index in [1.165, 1.54) is 25.0 Å². The van der Waals surface area contributed by atoms with E-state index in [2.05, 4.69) is 15.5 Å². The molecule has 0 bridgehead atoms. The Morgan fingerprint density at radius 3 is 2.96 bits per heavy atom. The molecule has 2 atom stereocenters. The minimum absolute atomic E-state index is 0.0451. The first-order valence-corrected chi connectivity index (χ1v) is 9.30. The lowest BCUT2D eigenvalue weighted by Gasteiger charge is -2.34. The highest BCUT2D eigenvalue weighted by atomic mass is 19.1. The molecule has 2 heterocycles. The van der Waals surface area contributed by atoms with Crippen LogP contribution in [-0.4, -0.2) is 56.7 Å².